The number of thioether (sulfide) groups is 2. The highest BCUT2D eigenvalue weighted by Gasteiger charge is 2.04. The minimum atomic E-state index is -0.463. The molecule has 0 aromatic rings. The van der Waals surface area contributed by atoms with Gasteiger partial charge in [0, 0.05) is 4.24 Å². The Balaban J connectivity index is 3.77. The van der Waals surface area contributed by atoms with Gasteiger partial charge in [0.1, 0.15) is 18.8 Å². The minimum absolute atomic E-state index is 0.137. The van der Waals surface area contributed by atoms with Crippen LogP contribution in [0.15, 0.2) is 10.3 Å². The average molecular weight is 234 g/mol. The highest BCUT2D eigenvalue weighted by molar-refractivity contribution is 8.21. The monoisotopic (exact) mass is 234 g/mol. The molecule has 0 aliphatic heterocycles. The summed E-state index contributed by atoms with van der Waals surface area (Å²) < 4.78 is 5.92. The van der Waals surface area contributed by atoms with Crippen LogP contribution in [0.3, 0.4) is 0 Å². The Hall–Kier alpha value is -0.420. The van der Waals surface area contributed by atoms with E-state index in [1.165, 1.54) is 6.92 Å². The van der Waals surface area contributed by atoms with Crippen molar-refractivity contribution in [3.8, 4) is 0 Å². The molecule has 0 amide bonds. The van der Waals surface area contributed by atoms with E-state index in [4.69, 9.17) is 4.74 Å². The van der Waals surface area contributed by atoms with Crippen molar-refractivity contribution in [1.29, 1.82) is 0 Å². The lowest BCUT2D eigenvalue weighted by molar-refractivity contribution is -0.144. The highest BCUT2D eigenvalue weighted by atomic mass is 32.2. The van der Waals surface area contributed by atoms with Gasteiger partial charge in [-0.05, 0) is 25.5 Å². The van der Waals surface area contributed by atoms with Gasteiger partial charge in [-0.15, -0.1) is 23.5 Å². The first kappa shape index (κ1) is 13.6. The molecule has 0 fully saturated rings. The van der Waals surface area contributed by atoms with Gasteiger partial charge in [0.05, 0.1) is 0 Å². The molecule has 3 nitrogen and oxygen atoms in total. The zero-order valence-corrected chi connectivity index (χ0v) is 10.2. The largest absolute Gasteiger partial charge is 0.461 e. The number of hydrogen-bond acceptors (Lipinski definition) is 5. The van der Waals surface area contributed by atoms with E-state index >= 15 is 0 Å². The molecule has 80 valence electrons. The second-order valence-electron chi connectivity index (χ2n) is 2.49. The molecule has 0 unspecified atom stereocenters. The van der Waals surface area contributed by atoms with Crippen molar-refractivity contribution in [2.45, 2.75) is 13.3 Å². The van der Waals surface area contributed by atoms with E-state index in [0.29, 0.717) is 0 Å². The zero-order valence-electron chi connectivity index (χ0n) is 8.53. The van der Waals surface area contributed by atoms with Crippen LogP contribution >= 0.6 is 23.5 Å². The van der Waals surface area contributed by atoms with Gasteiger partial charge in [-0.3, -0.25) is 9.59 Å². The van der Waals surface area contributed by atoms with Gasteiger partial charge in [-0.25, -0.2) is 0 Å². The maximum Gasteiger partial charge on any atom is 0.313 e. The van der Waals surface area contributed by atoms with E-state index < -0.39 is 5.97 Å². The van der Waals surface area contributed by atoms with Crippen LogP contribution in [0.2, 0.25) is 0 Å². The molecular weight excluding hydrogens is 220 g/mol. The zero-order chi connectivity index (χ0) is 11.0. The second-order valence-corrected chi connectivity index (χ2v) is 4.45. The van der Waals surface area contributed by atoms with Gasteiger partial charge in [0.2, 0.25) is 0 Å². The molecule has 0 aromatic carbocycles. The Morgan fingerprint density at radius 2 is 1.86 bits per heavy atom. The third kappa shape index (κ3) is 7.03. The van der Waals surface area contributed by atoms with E-state index in [1.807, 2.05) is 18.6 Å². The van der Waals surface area contributed by atoms with E-state index in [2.05, 4.69) is 0 Å². The van der Waals surface area contributed by atoms with E-state index in [1.54, 1.807) is 23.5 Å². The molecule has 0 N–H and O–H groups in total. The van der Waals surface area contributed by atoms with Crippen molar-refractivity contribution in [2.75, 3.05) is 19.1 Å². The number of carbonyl (C=O) groups excluding carboxylic acids is 2. The lowest BCUT2D eigenvalue weighted by atomic mass is 10.3. The normalized spacial score (nSPS) is 9.36. The van der Waals surface area contributed by atoms with Crippen LogP contribution in [0, 0.1) is 0 Å². The Morgan fingerprint density at radius 3 is 2.29 bits per heavy atom. The SMILES string of the molecule is CSC(=CCOC(=O)CC(C)=O)SC. The van der Waals surface area contributed by atoms with Crippen molar-refractivity contribution in [3.63, 3.8) is 0 Å². The van der Waals surface area contributed by atoms with Crippen LogP contribution in [-0.2, 0) is 14.3 Å². The van der Waals surface area contributed by atoms with Gasteiger partial charge in [-0.2, -0.15) is 0 Å². The van der Waals surface area contributed by atoms with Crippen LogP contribution in [-0.4, -0.2) is 30.9 Å². The maximum absolute atomic E-state index is 10.9. The first-order chi connectivity index (χ1) is 6.60. The Morgan fingerprint density at radius 1 is 1.29 bits per heavy atom. The summed E-state index contributed by atoms with van der Waals surface area (Å²) in [5.41, 5.74) is 0. The van der Waals surface area contributed by atoms with E-state index in [0.717, 1.165) is 4.24 Å². The molecule has 0 bridgehead atoms. The van der Waals surface area contributed by atoms with Gasteiger partial charge < -0.3 is 4.74 Å². The topological polar surface area (TPSA) is 43.4 Å². The number of Topliss-reactive ketones (excluding diaryl/α,β-unsaturated/α-hetero) is 1. The molecule has 14 heavy (non-hydrogen) atoms. The summed E-state index contributed by atoms with van der Waals surface area (Å²) in [6.07, 6.45) is 5.61. The van der Waals surface area contributed by atoms with Gasteiger partial charge in [0.15, 0.2) is 0 Å². The highest BCUT2D eigenvalue weighted by Crippen LogP contribution is 2.22. The average Bonchev–Trinajstić information content (AvgIpc) is 2.11. The Kier molecular flexibility index (Phi) is 7.70. The first-order valence-corrected chi connectivity index (χ1v) is 6.48. The fourth-order valence-electron chi connectivity index (χ4n) is 0.707. The van der Waals surface area contributed by atoms with E-state index in [9.17, 15) is 9.59 Å². The predicted octanol–water partition coefficient (Wildman–Crippen LogP) is 2.08. The van der Waals surface area contributed by atoms with Crippen molar-refractivity contribution in [3.05, 3.63) is 10.3 Å². The predicted molar refractivity (Wildman–Crippen MR) is 61.4 cm³/mol. The number of esters is 1. The smallest absolute Gasteiger partial charge is 0.313 e. The van der Waals surface area contributed by atoms with Gasteiger partial charge in [-0.1, -0.05) is 0 Å². The molecule has 0 aliphatic carbocycles. The standard InChI is InChI=1S/C9H14O3S2/c1-7(10)6-8(11)12-5-4-9(13-2)14-3/h4H,5-6H2,1-3H3. The van der Waals surface area contributed by atoms with Gasteiger partial charge >= 0.3 is 5.97 Å². The van der Waals surface area contributed by atoms with Crippen molar-refractivity contribution < 1.29 is 14.3 Å². The summed E-state index contributed by atoms with van der Waals surface area (Å²) >= 11 is 3.20. The molecule has 5 heteroatoms. The van der Waals surface area contributed by atoms with Crippen molar-refractivity contribution >= 4 is 35.3 Å². The maximum atomic E-state index is 10.9. The van der Waals surface area contributed by atoms with Crippen LogP contribution in [0.5, 0.6) is 0 Å². The molecule has 0 saturated carbocycles. The van der Waals surface area contributed by atoms with Crippen molar-refractivity contribution in [1.82, 2.24) is 0 Å². The summed E-state index contributed by atoms with van der Waals surface area (Å²) in [6, 6.07) is 0. The lowest BCUT2D eigenvalue weighted by Crippen LogP contribution is -2.08. The summed E-state index contributed by atoms with van der Waals surface area (Å²) in [4.78, 5) is 21.5. The number of ketones is 1. The minimum Gasteiger partial charge on any atom is -0.461 e. The molecular formula is C9H14O3S2. The second kappa shape index (κ2) is 7.94. The lowest BCUT2D eigenvalue weighted by Gasteiger charge is -2.01. The molecule has 0 saturated heterocycles. The molecule has 0 heterocycles. The summed E-state index contributed by atoms with van der Waals surface area (Å²) in [7, 11) is 0. The summed E-state index contributed by atoms with van der Waals surface area (Å²) in [5.74, 6) is -0.635. The molecule has 0 aliphatic rings. The Labute approximate surface area is 92.7 Å². The summed E-state index contributed by atoms with van der Waals surface area (Å²) in [5, 5.41) is 0. The molecule has 0 radical (unpaired) electrons. The van der Waals surface area contributed by atoms with Crippen molar-refractivity contribution in [2.24, 2.45) is 0 Å². The number of carbonyl (C=O) groups is 2. The number of rotatable bonds is 6. The van der Waals surface area contributed by atoms with Crippen LogP contribution in [0.25, 0.3) is 0 Å². The van der Waals surface area contributed by atoms with Crippen LogP contribution in [0.1, 0.15) is 13.3 Å². The number of ether oxygens (including phenoxy) is 1. The van der Waals surface area contributed by atoms with E-state index in [-0.39, 0.29) is 18.8 Å². The fourth-order valence-corrected chi connectivity index (χ4v) is 1.84. The molecule has 0 atom stereocenters. The molecule has 0 spiro atoms. The van der Waals surface area contributed by atoms with Gasteiger partial charge in [0.25, 0.3) is 0 Å². The quantitative estimate of drug-likeness (QED) is 0.520. The van der Waals surface area contributed by atoms with Crippen LogP contribution < -0.4 is 0 Å². The molecule has 0 aromatic heterocycles. The fraction of sp³-hybridized carbons (Fsp3) is 0.556. The number of hydrogen-bond donors (Lipinski definition) is 0. The van der Waals surface area contributed by atoms with Crippen LogP contribution in [0.4, 0.5) is 0 Å². The first-order valence-electron chi connectivity index (χ1n) is 4.03. The third-order valence-corrected chi connectivity index (χ3v) is 3.43. The third-order valence-electron chi connectivity index (χ3n) is 1.29. The molecule has 0 rings (SSSR count). The Bertz CT molecular complexity index is 230. The summed E-state index contributed by atoms with van der Waals surface area (Å²) in [6.45, 7) is 1.61.